The van der Waals surface area contributed by atoms with Gasteiger partial charge in [-0.05, 0) is 43.7 Å². The van der Waals surface area contributed by atoms with Gasteiger partial charge in [0.1, 0.15) is 11.4 Å². The number of aromatic nitrogens is 5. The van der Waals surface area contributed by atoms with E-state index in [4.69, 9.17) is 0 Å². The lowest BCUT2D eigenvalue weighted by atomic mass is 10.1. The molecular weight excluding hydrogens is 356 g/mol. The van der Waals surface area contributed by atoms with Gasteiger partial charge in [0, 0.05) is 48.6 Å². The molecule has 0 saturated heterocycles. The summed E-state index contributed by atoms with van der Waals surface area (Å²) in [6, 6.07) is 9.33. The number of carbonyl (C=O) groups is 1. The fraction of sp³-hybridized carbons (Fsp3) is 0.200. The van der Waals surface area contributed by atoms with Crippen LogP contribution in [-0.2, 0) is 14.1 Å². The fourth-order valence-electron chi connectivity index (χ4n) is 3.32. The van der Waals surface area contributed by atoms with Crippen LogP contribution in [0, 0.1) is 13.8 Å². The maximum absolute atomic E-state index is 11.2. The molecule has 0 spiro atoms. The smallest absolute Gasteiger partial charge is 0.354 e. The SMILES string of the molecule is Cc1c(C)n(C)c2ccc(Nc3nccc(-c4cc(C(=O)O)n(C)n4)n3)cc12. The van der Waals surface area contributed by atoms with Gasteiger partial charge in [-0.2, -0.15) is 5.10 Å². The first-order chi connectivity index (χ1) is 13.3. The lowest BCUT2D eigenvalue weighted by Crippen LogP contribution is -2.04. The van der Waals surface area contributed by atoms with Crippen LogP contribution in [0.25, 0.3) is 22.3 Å². The van der Waals surface area contributed by atoms with Crippen LogP contribution >= 0.6 is 0 Å². The van der Waals surface area contributed by atoms with E-state index in [1.165, 1.54) is 32.9 Å². The van der Waals surface area contributed by atoms with Gasteiger partial charge in [-0.15, -0.1) is 0 Å². The molecule has 0 radical (unpaired) electrons. The Labute approximate surface area is 161 Å². The van der Waals surface area contributed by atoms with Crippen molar-refractivity contribution >= 4 is 28.5 Å². The van der Waals surface area contributed by atoms with E-state index < -0.39 is 5.97 Å². The van der Waals surface area contributed by atoms with Crippen molar-refractivity contribution in [2.75, 3.05) is 5.32 Å². The molecule has 28 heavy (non-hydrogen) atoms. The summed E-state index contributed by atoms with van der Waals surface area (Å²) in [5.41, 5.74) is 5.66. The molecule has 0 aliphatic carbocycles. The predicted octanol–water partition coefficient (Wildman–Crippen LogP) is 3.43. The van der Waals surface area contributed by atoms with Crippen LogP contribution in [0.15, 0.2) is 36.5 Å². The molecule has 3 heterocycles. The Kier molecular flexibility index (Phi) is 4.11. The highest BCUT2D eigenvalue weighted by molar-refractivity contribution is 5.89. The zero-order valence-corrected chi connectivity index (χ0v) is 16.1. The van der Waals surface area contributed by atoms with Crippen LogP contribution in [0.1, 0.15) is 21.7 Å². The molecule has 1 aromatic carbocycles. The summed E-state index contributed by atoms with van der Waals surface area (Å²) >= 11 is 0. The van der Waals surface area contributed by atoms with Crippen molar-refractivity contribution in [3.63, 3.8) is 0 Å². The van der Waals surface area contributed by atoms with Crippen molar-refractivity contribution in [1.82, 2.24) is 24.3 Å². The van der Waals surface area contributed by atoms with Gasteiger partial charge >= 0.3 is 5.97 Å². The lowest BCUT2D eigenvalue weighted by molar-refractivity contribution is 0.0685. The maximum atomic E-state index is 11.2. The predicted molar refractivity (Wildman–Crippen MR) is 107 cm³/mol. The van der Waals surface area contributed by atoms with Gasteiger partial charge in [0.15, 0.2) is 0 Å². The number of carboxylic acids is 1. The van der Waals surface area contributed by atoms with E-state index in [0.29, 0.717) is 17.3 Å². The Morgan fingerprint density at radius 1 is 1.11 bits per heavy atom. The Hall–Kier alpha value is -3.68. The third kappa shape index (κ3) is 2.88. The molecule has 0 bridgehead atoms. The number of anilines is 2. The molecule has 0 fully saturated rings. The molecule has 3 aromatic heterocycles. The number of rotatable bonds is 4. The molecule has 0 aliphatic rings. The quantitative estimate of drug-likeness (QED) is 0.566. The number of nitrogens with one attached hydrogen (secondary N) is 1. The van der Waals surface area contributed by atoms with E-state index in [-0.39, 0.29) is 5.69 Å². The summed E-state index contributed by atoms with van der Waals surface area (Å²) < 4.78 is 3.49. The molecule has 4 aromatic rings. The Morgan fingerprint density at radius 3 is 2.61 bits per heavy atom. The van der Waals surface area contributed by atoms with Crippen LogP contribution < -0.4 is 5.32 Å². The molecule has 0 atom stereocenters. The molecule has 2 N–H and O–H groups in total. The van der Waals surface area contributed by atoms with Crippen molar-refractivity contribution in [1.29, 1.82) is 0 Å². The number of aromatic carboxylic acids is 1. The normalized spacial score (nSPS) is 11.1. The lowest BCUT2D eigenvalue weighted by Gasteiger charge is -2.06. The van der Waals surface area contributed by atoms with Crippen molar-refractivity contribution in [2.45, 2.75) is 13.8 Å². The van der Waals surface area contributed by atoms with Crippen molar-refractivity contribution < 1.29 is 9.90 Å². The zero-order valence-electron chi connectivity index (χ0n) is 16.1. The van der Waals surface area contributed by atoms with Gasteiger partial charge in [-0.1, -0.05) is 0 Å². The molecule has 0 amide bonds. The molecule has 0 aliphatic heterocycles. The molecule has 0 saturated carbocycles. The summed E-state index contributed by atoms with van der Waals surface area (Å²) in [7, 11) is 3.65. The van der Waals surface area contributed by atoms with Gasteiger partial charge in [-0.3, -0.25) is 4.68 Å². The van der Waals surface area contributed by atoms with Gasteiger partial charge in [0.2, 0.25) is 5.95 Å². The first-order valence-corrected chi connectivity index (χ1v) is 8.78. The van der Waals surface area contributed by atoms with E-state index >= 15 is 0 Å². The third-order valence-electron chi connectivity index (χ3n) is 5.08. The number of hydrogen-bond donors (Lipinski definition) is 2. The summed E-state index contributed by atoms with van der Waals surface area (Å²) in [6.07, 6.45) is 1.62. The molecule has 8 heteroatoms. The largest absolute Gasteiger partial charge is 0.477 e. The average Bonchev–Trinajstić information content (AvgIpc) is 3.16. The van der Waals surface area contributed by atoms with Crippen LogP contribution in [0.5, 0.6) is 0 Å². The van der Waals surface area contributed by atoms with Crippen molar-refractivity contribution in [3.05, 3.63) is 53.5 Å². The number of carboxylic acid groups (broad SMARTS) is 1. The summed E-state index contributed by atoms with van der Waals surface area (Å²) in [5.74, 6) is -0.611. The first-order valence-electron chi connectivity index (χ1n) is 8.78. The number of benzene rings is 1. The monoisotopic (exact) mass is 376 g/mol. The second-order valence-corrected chi connectivity index (χ2v) is 6.74. The standard InChI is InChI=1S/C20H20N6O2/c1-11-12(2)25(3)17-6-5-13(9-14(11)17)22-20-21-8-7-15(23-20)16-10-18(19(27)28)26(4)24-16/h5-10H,1-4H3,(H,27,28)(H,21,22,23). The fourth-order valence-corrected chi connectivity index (χ4v) is 3.32. The minimum absolute atomic E-state index is 0.100. The highest BCUT2D eigenvalue weighted by atomic mass is 16.4. The molecular formula is C20H20N6O2. The number of aryl methyl sites for hydroxylation is 3. The summed E-state index contributed by atoms with van der Waals surface area (Å²) in [4.78, 5) is 20.0. The van der Waals surface area contributed by atoms with E-state index in [1.54, 1.807) is 19.3 Å². The van der Waals surface area contributed by atoms with Crippen molar-refractivity contribution in [2.24, 2.45) is 14.1 Å². The van der Waals surface area contributed by atoms with Crippen LogP contribution in [0.3, 0.4) is 0 Å². The highest BCUT2D eigenvalue weighted by Crippen LogP contribution is 2.28. The minimum Gasteiger partial charge on any atom is -0.477 e. The minimum atomic E-state index is -1.03. The van der Waals surface area contributed by atoms with Crippen LogP contribution in [-0.4, -0.2) is 35.4 Å². The van der Waals surface area contributed by atoms with E-state index in [2.05, 4.69) is 58.0 Å². The number of nitrogens with zero attached hydrogens (tertiary/aromatic N) is 5. The number of hydrogen-bond acceptors (Lipinski definition) is 5. The Bertz CT molecular complexity index is 1220. The third-order valence-corrected chi connectivity index (χ3v) is 5.08. The Balaban J connectivity index is 1.67. The number of fused-ring (bicyclic) bond motifs is 1. The molecule has 0 unspecified atom stereocenters. The second kappa shape index (κ2) is 6.49. The second-order valence-electron chi connectivity index (χ2n) is 6.74. The van der Waals surface area contributed by atoms with Gasteiger partial charge in [-0.25, -0.2) is 14.8 Å². The average molecular weight is 376 g/mol. The topological polar surface area (TPSA) is 97.9 Å². The molecule has 142 valence electrons. The van der Waals surface area contributed by atoms with E-state index in [1.807, 2.05) is 6.07 Å². The summed E-state index contributed by atoms with van der Waals surface area (Å²) in [6.45, 7) is 4.22. The van der Waals surface area contributed by atoms with Gasteiger partial charge in [0.05, 0.1) is 5.69 Å². The van der Waals surface area contributed by atoms with Crippen molar-refractivity contribution in [3.8, 4) is 11.4 Å². The summed E-state index contributed by atoms with van der Waals surface area (Å²) in [5, 5.41) is 17.8. The van der Waals surface area contributed by atoms with Crippen LogP contribution in [0.4, 0.5) is 11.6 Å². The Morgan fingerprint density at radius 2 is 1.89 bits per heavy atom. The van der Waals surface area contributed by atoms with E-state index in [9.17, 15) is 9.90 Å². The van der Waals surface area contributed by atoms with Gasteiger partial charge in [0.25, 0.3) is 0 Å². The van der Waals surface area contributed by atoms with E-state index in [0.717, 1.165) is 5.69 Å². The molecule has 4 rings (SSSR count). The first kappa shape index (κ1) is 17.7. The maximum Gasteiger partial charge on any atom is 0.354 e. The van der Waals surface area contributed by atoms with Crippen LogP contribution in [0.2, 0.25) is 0 Å². The molecule has 8 nitrogen and oxygen atoms in total. The van der Waals surface area contributed by atoms with Gasteiger partial charge < -0.3 is 15.0 Å². The zero-order chi connectivity index (χ0) is 20.0. The highest BCUT2D eigenvalue weighted by Gasteiger charge is 2.14.